The van der Waals surface area contributed by atoms with Gasteiger partial charge in [-0.2, -0.15) is 0 Å². The fourth-order valence-electron chi connectivity index (χ4n) is 4.62. The molecule has 1 saturated carbocycles. The standard InChI is InChI=1S/C24H28O4/c1-15(24(26)27-2)23(18-4-3-5-18)19-7-6-17-10-13-21(28-22(17)14-19)16-8-11-20(25)12-9-16/h6-9,11-12,14-15,18,21,23,25H,3-5,10,13H2,1-2H3/t15-,21?,23-/m0/s1. The minimum absolute atomic E-state index is 0.0106. The number of aromatic hydroxyl groups is 1. The molecule has 0 aromatic heterocycles. The summed E-state index contributed by atoms with van der Waals surface area (Å²) in [6.45, 7) is 1.98. The van der Waals surface area contributed by atoms with Gasteiger partial charge in [-0.1, -0.05) is 37.6 Å². The van der Waals surface area contributed by atoms with E-state index in [1.807, 2.05) is 19.1 Å². The minimum Gasteiger partial charge on any atom is -0.508 e. The van der Waals surface area contributed by atoms with E-state index in [9.17, 15) is 9.90 Å². The van der Waals surface area contributed by atoms with E-state index in [0.717, 1.165) is 24.2 Å². The van der Waals surface area contributed by atoms with Crippen LogP contribution in [-0.2, 0) is 16.0 Å². The van der Waals surface area contributed by atoms with Crippen molar-refractivity contribution in [1.82, 2.24) is 0 Å². The Hall–Kier alpha value is -2.49. The summed E-state index contributed by atoms with van der Waals surface area (Å²) in [5.74, 6) is 1.58. The molecule has 148 valence electrons. The molecule has 28 heavy (non-hydrogen) atoms. The minimum atomic E-state index is -0.162. The van der Waals surface area contributed by atoms with E-state index >= 15 is 0 Å². The molecule has 1 aliphatic heterocycles. The van der Waals surface area contributed by atoms with Crippen LogP contribution in [0, 0.1) is 11.8 Å². The van der Waals surface area contributed by atoms with Crippen LogP contribution in [-0.4, -0.2) is 18.2 Å². The molecule has 4 heteroatoms. The van der Waals surface area contributed by atoms with E-state index in [2.05, 4.69) is 18.2 Å². The van der Waals surface area contributed by atoms with E-state index in [1.54, 1.807) is 12.1 Å². The van der Waals surface area contributed by atoms with Crippen molar-refractivity contribution in [2.75, 3.05) is 7.11 Å². The number of methoxy groups -OCH3 is 1. The average molecular weight is 380 g/mol. The van der Waals surface area contributed by atoms with Gasteiger partial charge in [0.05, 0.1) is 13.0 Å². The maximum Gasteiger partial charge on any atom is 0.309 e. The summed E-state index contributed by atoms with van der Waals surface area (Å²) >= 11 is 0. The Morgan fingerprint density at radius 1 is 1.14 bits per heavy atom. The van der Waals surface area contributed by atoms with Gasteiger partial charge in [0.1, 0.15) is 17.6 Å². The molecule has 0 radical (unpaired) electrons. The third-order valence-electron chi connectivity index (χ3n) is 6.46. The molecule has 1 heterocycles. The molecule has 2 aliphatic rings. The molecule has 0 spiro atoms. The monoisotopic (exact) mass is 380 g/mol. The first kappa shape index (κ1) is 18.9. The molecule has 1 unspecified atom stereocenters. The second-order valence-electron chi connectivity index (χ2n) is 8.13. The van der Waals surface area contributed by atoms with Crippen molar-refractivity contribution >= 4 is 5.97 Å². The Kier molecular flexibility index (Phi) is 5.29. The topological polar surface area (TPSA) is 55.8 Å². The van der Waals surface area contributed by atoms with Crippen molar-refractivity contribution < 1.29 is 19.4 Å². The number of aryl methyl sites for hydroxylation is 1. The van der Waals surface area contributed by atoms with Crippen molar-refractivity contribution in [1.29, 1.82) is 0 Å². The summed E-state index contributed by atoms with van der Waals surface area (Å²) in [5.41, 5.74) is 3.47. The maximum atomic E-state index is 12.3. The van der Waals surface area contributed by atoms with Crippen molar-refractivity contribution in [3.8, 4) is 11.5 Å². The van der Waals surface area contributed by atoms with Crippen LogP contribution in [0.4, 0.5) is 0 Å². The van der Waals surface area contributed by atoms with Crippen LogP contribution >= 0.6 is 0 Å². The van der Waals surface area contributed by atoms with Crippen LogP contribution in [0.3, 0.4) is 0 Å². The molecule has 0 amide bonds. The number of hydrogen-bond acceptors (Lipinski definition) is 4. The SMILES string of the molecule is COC(=O)[C@@H](C)[C@H](c1ccc2c(c1)OC(c1ccc(O)cc1)CC2)C1CCC1. The third kappa shape index (κ3) is 3.60. The van der Waals surface area contributed by atoms with Gasteiger partial charge in [-0.25, -0.2) is 0 Å². The number of rotatable bonds is 5. The van der Waals surface area contributed by atoms with Crippen LogP contribution < -0.4 is 4.74 Å². The second-order valence-corrected chi connectivity index (χ2v) is 8.13. The van der Waals surface area contributed by atoms with Gasteiger partial charge < -0.3 is 14.6 Å². The molecule has 1 N–H and O–H groups in total. The first-order chi connectivity index (χ1) is 13.6. The first-order valence-electron chi connectivity index (χ1n) is 10.2. The predicted octanol–water partition coefficient (Wildman–Crippen LogP) is 5.15. The largest absolute Gasteiger partial charge is 0.508 e. The average Bonchev–Trinajstić information content (AvgIpc) is 2.69. The highest BCUT2D eigenvalue weighted by molar-refractivity contribution is 5.73. The van der Waals surface area contributed by atoms with E-state index < -0.39 is 0 Å². The lowest BCUT2D eigenvalue weighted by Crippen LogP contribution is -2.30. The summed E-state index contributed by atoms with van der Waals surface area (Å²) < 4.78 is 11.4. The highest BCUT2D eigenvalue weighted by atomic mass is 16.5. The molecule has 4 rings (SSSR count). The number of carbonyl (C=O) groups is 1. The van der Waals surface area contributed by atoms with Gasteiger partial charge in [0.25, 0.3) is 0 Å². The molecule has 0 bridgehead atoms. The summed E-state index contributed by atoms with van der Waals surface area (Å²) in [5, 5.41) is 9.53. The zero-order chi connectivity index (χ0) is 19.7. The normalized spacial score (nSPS) is 21.0. The zero-order valence-corrected chi connectivity index (χ0v) is 16.6. The molecule has 0 saturated heterocycles. The summed E-state index contributed by atoms with van der Waals surface area (Å²) in [7, 11) is 1.47. The number of hydrogen-bond donors (Lipinski definition) is 1. The smallest absolute Gasteiger partial charge is 0.309 e. The summed E-state index contributed by atoms with van der Waals surface area (Å²) in [6.07, 6.45) is 5.44. The number of carbonyl (C=O) groups excluding carboxylic acids is 1. The zero-order valence-electron chi connectivity index (χ0n) is 16.6. The Morgan fingerprint density at radius 2 is 1.89 bits per heavy atom. The van der Waals surface area contributed by atoms with Crippen LogP contribution in [0.15, 0.2) is 42.5 Å². The van der Waals surface area contributed by atoms with Crippen molar-refractivity contribution in [3.63, 3.8) is 0 Å². The summed E-state index contributed by atoms with van der Waals surface area (Å²) in [6, 6.07) is 13.7. The highest BCUT2D eigenvalue weighted by Gasteiger charge is 2.36. The number of phenolic OH excluding ortho intramolecular Hbond substituents is 1. The Balaban J connectivity index is 1.61. The fraction of sp³-hybridized carbons (Fsp3) is 0.458. The van der Waals surface area contributed by atoms with E-state index in [0.29, 0.717) is 5.92 Å². The highest BCUT2D eigenvalue weighted by Crippen LogP contribution is 2.46. The van der Waals surface area contributed by atoms with E-state index in [-0.39, 0.29) is 29.7 Å². The number of ether oxygens (including phenoxy) is 2. The Bertz CT molecular complexity index is 838. The Labute approximate surface area is 166 Å². The number of fused-ring (bicyclic) bond motifs is 1. The third-order valence-corrected chi connectivity index (χ3v) is 6.46. The Morgan fingerprint density at radius 3 is 2.54 bits per heavy atom. The molecule has 1 fully saturated rings. The van der Waals surface area contributed by atoms with Gasteiger partial charge in [0, 0.05) is 0 Å². The van der Waals surface area contributed by atoms with Crippen LogP contribution in [0.1, 0.15) is 61.3 Å². The van der Waals surface area contributed by atoms with Crippen LogP contribution in [0.25, 0.3) is 0 Å². The maximum absolute atomic E-state index is 12.3. The van der Waals surface area contributed by atoms with Crippen LogP contribution in [0.2, 0.25) is 0 Å². The first-order valence-corrected chi connectivity index (χ1v) is 10.2. The number of benzene rings is 2. The van der Waals surface area contributed by atoms with Crippen molar-refractivity contribution in [2.45, 2.75) is 51.0 Å². The molecular formula is C24H28O4. The van der Waals surface area contributed by atoms with Gasteiger partial charge in [0.2, 0.25) is 0 Å². The van der Waals surface area contributed by atoms with Gasteiger partial charge in [0.15, 0.2) is 0 Å². The van der Waals surface area contributed by atoms with Crippen molar-refractivity contribution in [2.24, 2.45) is 11.8 Å². The van der Waals surface area contributed by atoms with Gasteiger partial charge in [-0.15, -0.1) is 0 Å². The van der Waals surface area contributed by atoms with Gasteiger partial charge in [-0.05, 0) is 72.4 Å². The lowest BCUT2D eigenvalue weighted by atomic mass is 9.68. The molecule has 2 aromatic carbocycles. The lowest BCUT2D eigenvalue weighted by molar-refractivity contribution is -0.146. The van der Waals surface area contributed by atoms with Crippen LogP contribution in [0.5, 0.6) is 11.5 Å². The fourth-order valence-corrected chi connectivity index (χ4v) is 4.62. The molecule has 2 aromatic rings. The van der Waals surface area contributed by atoms with E-state index in [1.165, 1.54) is 37.5 Å². The predicted molar refractivity (Wildman–Crippen MR) is 108 cm³/mol. The van der Waals surface area contributed by atoms with E-state index in [4.69, 9.17) is 9.47 Å². The number of esters is 1. The molecule has 3 atom stereocenters. The lowest BCUT2D eigenvalue weighted by Gasteiger charge is -2.37. The number of phenols is 1. The molecular weight excluding hydrogens is 352 g/mol. The second kappa shape index (κ2) is 7.86. The summed E-state index contributed by atoms with van der Waals surface area (Å²) in [4.78, 5) is 12.3. The van der Waals surface area contributed by atoms with Gasteiger partial charge in [-0.3, -0.25) is 4.79 Å². The molecule has 1 aliphatic carbocycles. The van der Waals surface area contributed by atoms with Crippen molar-refractivity contribution in [3.05, 3.63) is 59.2 Å². The molecule has 4 nitrogen and oxygen atoms in total. The van der Waals surface area contributed by atoms with Gasteiger partial charge >= 0.3 is 5.97 Å². The quantitative estimate of drug-likeness (QED) is 0.729.